The number of aliphatic hydroxyl groups is 2. The van der Waals surface area contributed by atoms with Crippen LogP contribution in [0.4, 0.5) is 17.3 Å². The van der Waals surface area contributed by atoms with Gasteiger partial charge >= 0.3 is 0 Å². The molecule has 3 rings (SSSR count). The van der Waals surface area contributed by atoms with Crippen LogP contribution >= 0.6 is 0 Å². The lowest BCUT2D eigenvalue weighted by Crippen LogP contribution is -2.41. The number of aliphatic hydroxyl groups excluding tert-OH is 2. The van der Waals surface area contributed by atoms with Gasteiger partial charge in [0.1, 0.15) is 18.7 Å². The zero-order valence-electron chi connectivity index (χ0n) is 10.9. The van der Waals surface area contributed by atoms with E-state index in [0.717, 1.165) is 5.01 Å². The molecule has 0 bridgehead atoms. The molecule has 1 saturated heterocycles. The molecule has 3 atom stereocenters. The summed E-state index contributed by atoms with van der Waals surface area (Å²) < 4.78 is 5.51. The number of ether oxygens (including phenoxy) is 1. The van der Waals surface area contributed by atoms with Crippen molar-refractivity contribution in [3.63, 3.8) is 0 Å². The Hall–Kier alpha value is -2.24. The van der Waals surface area contributed by atoms with E-state index in [1.807, 2.05) is 0 Å². The van der Waals surface area contributed by atoms with E-state index in [-0.39, 0.29) is 37.0 Å². The lowest BCUT2D eigenvalue weighted by molar-refractivity contribution is -0.493. The predicted octanol–water partition coefficient (Wildman–Crippen LogP) is -1.70. The van der Waals surface area contributed by atoms with E-state index in [1.165, 1.54) is 11.2 Å². The lowest BCUT2D eigenvalue weighted by Gasteiger charge is -2.23. The van der Waals surface area contributed by atoms with E-state index < -0.39 is 23.5 Å². The predicted molar refractivity (Wildman–Crippen MR) is 69.6 cm³/mol. The summed E-state index contributed by atoms with van der Waals surface area (Å²) >= 11 is 0. The molecule has 2 aliphatic rings. The number of anilines is 3. The fourth-order valence-electron chi connectivity index (χ4n) is 2.55. The first-order valence-corrected chi connectivity index (χ1v) is 6.26. The number of nitro groups is 1. The Bertz CT molecular complexity index is 571. The summed E-state index contributed by atoms with van der Waals surface area (Å²) in [5.74, 6) is 0.270. The molecule has 11 heteroatoms. The van der Waals surface area contributed by atoms with Gasteiger partial charge in [-0.2, -0.15) is 0 Å². The first kappa shape index (κ1) is 13.7. The van der Waals surface area contributed by atoms with Crippen LogP contribution in [0.3, 0.4) is 0 Å². The van der Waals surface area contributed by atoms with Gasteiger partial charge < -0.3 is 25.6 Å². The van der Waals surface area contributed by atoms with Crippen LogP contribution in [0.2, 0.25) is 0 Å². The molecular weight excluding hydrogens is 284 g/mol. The number of hydrogen-bond donors (Lipinski definition) is 3. The topological polar surface area (TPSA) is 151 Å². The minimum Gasteiger partial charge on any atom is -0.394 e. The van der Waals surface area contributed by atoms with E-state index in [0.29, 0.717) is 0 Å². The average Bonchev–Trinajstić information content (AvgIpc) is 3.00. The molecule has 4 N–H and O–H groups in total. The second-order valence-electron chi connectivity index (χ2n) is 4.79. The number of fused-ring (bicyclic) bond motifs is 1. The Morgan fingerprint density at radius 3 is 2.95 bits per heavy atom. The Labute approximate surface area is 118 Å². The smallest absolute Gasteiger partial charge is 0.192 e. The summed E-state index contributed by atoms with van der Waals surface area (Å²) in [6, 6.07) is 0. The van der Waals surface area contributed by atoms with Gasteiger partial charge in [-0.15, -0.1) is 0 Å². The minimum absolute atomic E-state index is 0.00328. The largest absolute Gasteiger partial charge is 0.394 e. The van der Waals surface area contributed by atoms with Crippen molar-refractivity contribution >= 4 is 17.3 Å². The van der Waals surface area contributed by atoms with Crippen molar-refractivity contribution in [3.8, 4) is 0 Å². The van der Waals surface area contributed by atoms with E-state index in [1.54, 1.807) is 0 Å². The summed E-state index contributed by atoms with van der Waals surface area (Å²) in [6.45, 7) is -0.454. The van der Waals surface area contributed by atoms with Gasteiger partial charge in [0.2, 0.25) is 0 Å². The van der Waals surface area contributed by atoms with Crippen LogP contribution in [-0.2, 0) is 4.74 Å². The van der Waals surface area contributed by atoms with Crippen molar-refractivity contribution in [2.24, 2.45) is 0 Å². The molecule has 1 fully saturated rings. The molecule has 3 heterocycles. The molecule has 21 heavy (non-hydrogen) atoms. The Balaban J connectivity index is 1.93. The molecule has 2 aliphatic heterocycles. The second kappa shape index (κ2) is 4.95. The van der Waals surface area contributed by atoms with E-state index in [9.17, 15) is 15.2 Å². The fraction of sp³-hybridized carbons (Fsp3) is 0.600. The highest BCUT2D eigenvalue weighted by Crippen LogP contribution is 2.40. The third-order valence-electron chi connectivity index (χ3n) is 3.58. The van der Waals surface area contributed by atoms with Crippen molar-refractivity contribution in [3.05, 3.63) is 16.4 Å². The molecule has 0 aliphatic carbocycles. The van der Waals surface area contributed by atoms with Gasteiger partial charge in [-0.25, -0.2) is 20.1 Å². The molecule has 11 nitrogen and oxygen atoms in total. The number of aromatic nitrogens is 2. The third-order valence-corrected chi connectivity index (χ3v) is 3.58. The van der Waals surface area contributed by atoms with Gasteiger partial charge in [0.15, 0.2) is 29.0 Å². The Morgan fingerprint density at radius 1 is 1.57 bits per heavy atom. The van der Waals surface area contributed by atoms with Crippen molar-refractivity contribution in [1.29, 1.82) is 0 Å². The van der Waals surface area contributed by atoms with E-state index in [2.05, 4.69) is 9.97 Å². The van der Waals surface area contributed by atoms with Gasteiger partial charge in [-0.1, -0.05) is 5.01 Å². The van der Waals surface area contributed by atoms with Gasteiger partial charge in [0, 0.05) is 6.42 Å². The number of nitrogen functional groups attached to an aromatic ring is 1. The minimum atomic E-state index is -0.840. The van der Waals surface area contributed by atoms with Crippen molar-refractivity contribution < 1.29 is 20.0 Å². The molecule has 0 aromatic carbocycles. The summed E-state index contributed by atoms with van der Waals surface area (Å²) in [5, 5.41) is 30.2. The lowest BCUT2D eigenvalue weighted by atomic mass is 10.2. The molecule has 114 valence electrons. The van der Waals surface area contributed by atoms with Gasteiger partial charge in [0.05, 0.1) is 12.7 Å². The third kappa shape index (κ3) is 2.11. The van der Waals surface area contributed by atoms with Crippen LogP contribution in [0.25, 0.3) is 0 Å². The molecule has 1 unspecified atom stereocenters. The van der Waals surface area contributed by atoms with Crippen LogP contribution in [-0.4, -0.2) is 56.9 Å². The number of rotatable bonds is 3. The maximum Gasteiger partial charge on any atom is 0.192 e. The molecule has 0 amide bonds. The number of nitrogens with zero attached hydrogens (tertiary/aromatic N) is 5. The summed E-state index contributed by atoms with van der Waals surface area (Å²) in [5.41, 5.74) is 5.79. The van der Waals surface area contributed by atoms with Crippen LogP contribution in [0.5, 0.6) is 0 Å². The first-order valence-electron chi connectivity index (χ1n) is 6.26. The molecule has 0 radical (unpaired) electrons. The van der Waals surface area contributed by atoms with Crippen molar-refractivity contribution in [1.82, 2.24) is 9.97 Å². The van der Waals surface area contributed by atoms with Crippen LogP contribution in [0, 0.1) is 10.1 Å². The SMILES string of the molecule is Nc1ncnc2c1N([N+](=O)[O-])CN2[C@H]1CC(O)[C@@H](CO)O1. The average molecular weight is 298 g/mol. The molecule has 1 aromatic heterocycles. The van der Waals surface area contributed by atoms with Crippen LogP contribution in [0.15, 0.2) is 6.33 Å². The van der Waals surface area contributed by atoms with E-state index in [4.69, 9.17) is 15.6 Å². The van der Waals surface area contributed by atoms with Gasteiger partial charge in [0.25, 0.3) is 0 Å². The number of hydrazine groups is 1. The van der Waals surface area contributed by atoms with Crippen molar-refractivity contribution in [2.75, 3.05) is 28.9 Å². The quantitative estimate of drug-likeness (QED) is 0.435. The highest BCUT2D eigenvalue weighted by Gasteiger charge is 2.45. The zero-order valence-corrected chi connectivity index (χ0v) is 10.9. The maximum atomic E-state index is 11.1. The molecule has 0 spiro atoms. The van der Waals surface area contributed by atoms with Crippen LogP contribution in [0.1, 0.15) is 6.42 Å². The Morgan fingerprint density at radius 2 is 2.33 bits per heavy atom. The molecule has 0 saturated carbocycles. The van der Waals surface area contributed by atoms with E-state index >= 15 is 0 Å². The van der Waals surface area contributed by atoms with Gasteiger partial charge in [-0.05, 0) is 0 Å². The molecule has 1 aromatic rings. The number of nitrogens with two attached hydrogens (primary N) is 1. The Kier molecular flexibility index (Phi) is 3.23. The number of hydrogen-bond acceptors (Lipinski definition) is 9. The first-order chi connectivity index (χ1) is 10.0. The van der Waals surface area contributed by atoms with Crippen molar-refractivity contribution in [2.45, 2.75) is 24.9 Å². The maximum absolute atomic E-state index is 11.1. The highest BCUT2D eigenvalue weighted by atomic mass is 16.7. The van der Waals surface area contributed by atoms with Crippen LogP contribution < -0.4 is 15.6 Å². The van der Waals surface area contributed by atoms with Gasteiger partial charge in [-0.3, -0.25) is 0 Å². The highest BCUT2D eigenvalue weighted by molar-refractivity contribution is 5.80. The zero-order chi connectivity index (χ0) is 15.1. The monoisotopic (exact) mass is 298 g/mol. The molecular formula is C10H14N6O5. The second-order valence-corrected chi connectivity index (χ2v) is 4.79. The fourth-order valence-corrected chi connectivity index (χ4v) is 2.55. The summed E-state index contributed by atoms with van der Waals surface area (Å²) in [4.78, 5) is 20.4. The summed E-state index contributed by atoms with van der Waals surface area (Å²) in [6.07, 6.45) is -0.774. The normalized spacial score (nSPS) is 28.0. The standard InChI is InChI=1S/C10H14N6O5/c11-9-8-10(13-3-12-9)14(4-15(8)16(19)20)7-1-5(18)6(2-17)21-7/h3,5-7,17-18H,1-2,4H2,(H2,11,12,13)/t5?,6-,7-/m1/s1. The summed E-state index contributed by atoms with van der Waals surface area (Å²) in [7, 11) is 0.